The molecule has 0 unspecified atom stereocenters. The largest absolute Gasteiger partial charge is 0.476 e. The SMILES string of the molecule is CCOc1ncccc1NCc1ccc2cnccc2c1. The molecule has 0 aliphatic rings. The lowest BCUT2D eigenvalue weighted by atomic mass is 10.1. The Bertz CT molecular complexity index is 743. The van der Waals surface area contributed by atoms with Crippen molar-refractivity contribution in [1.29, 1.82) is 0 Å². The Labute approximate surface area is 123 Å². The molecule has 0 aliphatic carbocycles. The molecule has 0 aliphatic heterocycles. The third-order valence-corrected chi connectivity index (χ3v) is 3.24. The highest BCUT2D eigenvalue weighted by molar-refractivity contribution is 5.82. The summed E-state index contributed by atoms with van der Waals surface area (Å²) < 4.78 is 5.51. The van der Waals surface area contributed by atoms with Crippen LogP contribution in [0.1, 0.15) is 12.5 Å². The van der Waals surface area contributed by atoms with Crippen LogP contribution < -0.4 is 10.1 Å². The summed E-state index contributed by atoms with van der Waals surface area (Å²) in [4.78, 5) is 8.37. The maximum absolute atomic E-state index is 5.51. The Balaban J connectivity index is 1.77. The highest BCUT2D eigenvalue weighted by atomic mass is 16.5. The minimum absolute atomic E-state index is 0.606. The fourth-order valence-corrected chi connectivity index (χ4v) is 2.22. The van der Waals surface area contributed by atoms with Crippen LogP contribution >= 0.6 is 0 Å². The van der Waals surface area contributed by atoms with E-state index >= 15 is 0 Å². The number of anilines is 1. The van der Waals surface area contributed by atoms with Gasteiger partial charge in [0.05, 0.1) is 12.3 Å². The quantitative estimate of drug-likeness (QED) is 0.774. The summed E-state index contributed by atoms with van der Waals surface area (Å²) in [6, 6.07) is 12.3. The van der Waals surface area contributed by atoms with Gasteiger partial charge < -0.3 is 10.1 Å². The molecule has 1 N–H and O–H groups in total. The van der Waals surface area contributed by atoms with Crippen molar-refractivity contribution in [1.82, 2.24) is 9.97 Å². The van der Waals surface area contributed by atoms with Crippen LogP contribution in [0.4, 0.5) is 5.69 Å². The van der Waals surface area contributed by atoms with E-state index in [9.17, 15) is 0 Å². The number of fused-ring (bicyclic) bond motifs is 1. The normalized spacial score (nSPS) is 10.5. The first kappa shape index (κ1) is 13.4. The third kappa shape index (κ3) is 3.11. The summed E-state index contributed by atoms with van der Waals surface area (Å²) in [5.41, 5.74) is 2.12. The van der Waals surface area contributed by atoms with E-state index in [0.717, 1.165) is 17.6 Å². The fraction of sp³-hybridized carbons (Fsp3) is 0.176. The van der Waals surface area contributed by atoms with Crippen LogP contribution in [0, 0.1) is 0 Å². The second-order valence-electron chi connectivity index (χ2n) is 4.70. The Hall–Kier alpha value is -2.62. The van der Waals surface area contributed by atoms with Crippen LogP contribution in [-0.2, 0) is 6.54 Å². The summed E-state index contributed by atoms with van der Waals surface area (Å²) in [6.07, 6.45) is 5.42. The zero-order chi connectivity index (χ0) is 14.5. The molecule has 21 heavy (non-hydrogen) atoms. The molecule has 0 radical (unpaired) electrons. The average Bonchev–Trinajstić information content (AvgIpc) is 2.54. The molecule has 3 rings (SSSR count). The maximum atomic E-state index is 5.51. The lowest BCUT2D eigenvalue weighted by Crippen LogP contribution is -2.03. The van der Waals surface area contributed by atoms with Crippen molar-refractivity contribution in [2.45, 2.75) is 13.5 Å². The number of ether oxygens (including phenoxy) is 1. The Kier molecular flexibility index (Phi) is 3.96. The van der Waals surface area contributed by atoms with Gasteiger partial charge in [-0.1, -0.05) is 12.1 Å². The van der Waals surface area contributed by atoms with Gasteiger partial charge in [0, 0.05) is 30.5 Å². The molecule has 0 spiro atoms. The van der Waals surface area contributed by atoms with Crippen LogP contribution in [0.25, 0.3) is 10.8 Å². The van der Waals surface area contributed by atoms with E-state index < -0.39 is 0 Å². The van der Waals surface area contributed by atoms with Gasteiger partial charge in [0.2, 0.25) is 5.88 Å². The summed E-state index contributed by atoms with van der Waals surface area (Å²) in [6.45, 7) is 3.29. The summed E-state index contributed by atoms with van der Waals surface area (Å²) >= 11 is 0. The molecule has 3 aromatic rings. The minimum Gasteiger partial charge on any atom is -0.476 e. The van der Waals surface area contributed by atoms with Crippen molar-refractivity contribution in [3.05, 3.63) is 60.6 Å². The van der Waals surface area contributed by atoms with Crippen LogP contribution in [0.15, 0.2) is 55.0 Å². The number of rotatable bonds is 5. The minimum atomic E-state index is 0.606. The molecule has 0 atom stereocenters. The topological polar surface area (TPSA) is 47.0 Å². The van der Waals surface area contributed by atoms with Gasteiger partial charge in [0.15, 0.2) is 0 Å². The zero-order valence-corrected chi connectivity index (χ0v) is 11.9. The molecule has 1 aromatic carbocycles. The number of aromatic nitrogens is 2. The van der Waals surface area contributed by atoms with E-state index in [4.69, 9.17) is 4.74 Å². The van der Waals surface area contributed by atoms with E-state index in [-0.39, 0.29) is 0 Å². The molecule has 0 amide bonds. The lowest BCUT2D eigenvalue weighted by Gasteiger charge is -2.11. The van der Waals surface area contributed by atoms with Gasteiger partial charge in [0.25, 0.3) is 0 Å². The van der Waals surface area contributed by atoms with E-state index in [2.05, 4.69) is 33.5 Å². The predicted molar refractivity (Wildman–Crippen MR) is 84.5 cm³/mol. The standard InChI is InChI=1S/C17H17N3O/c1-2-21-17-16(4-3-8-19-17)20-11-13-5-6-15-12-18-9-7-14(15)10-13/h3-10,12,20H,2,11H2,1H3. The third-order valence-electron chi connectivity index (χ3n) is 3.24. The number of pyridine rings is 2. The lowest BCUT2D eigenvalue weighted by molar-refractivity contribution is 0.328. The summed E-state index contributed by atoms with van der Waals surface area (Å²) in [5, 5.41) is 5.72. The van der Waals surface area contributed by atoms with Crippen LogP contribution in [0.3, 0.4) is 0 Å². The number of nitrogens with zero attached hydrogens (tertiary/aromatic N) is 2. The van der Waals surface area contributed by atoms with Crippen molar-refractivity contribution in [2.24, 2.45) is 0 Å². The van der Waals surface area contributed by atoms with Gasteiger partial charge in [-0.25, -0.2) is 4.98 Å². The van der Waals surface area contributed by atoms with E-state index in [1.165, 1.54) is 10.9 Å². The van der Waals surface area contributed by atoms with Crippen LogP contribution in [0.2, 0.25) is 0 Å². The predicted octanol–water partition coefficient (Wildman–Crippen LogP) is 3.64. The number of hydrogen-bond acceptors (Lipinski definition) is 4. The Morgan fingerprint density at radius 1 is 1.10 bits per heavy atom. The highest BCUT2D eigenvalue weighted by Gasteiger charge is 2.04. The molecule has 4 nitrogen and oxygen atoms in total. The fourth-order valence-electron chi connectivity index (χ4n) is 2.22. The molecule has 106 valence electrons. The average molecular weight is 279 g/mol. The molecular weight excluding hydrogens is 262 g/mol. The molecule has 0 saturated heterocycles. The molecule has 0 bridgehead atoms. The van der Waals surface area contributed by atoms with Gasteiger partial charge >= 0.3 is 0 Å². The first-order valence-corrected chi connectivity index (χ1v) is 7.01. The van der Waals surface area contributed by atoms with Crippen molar-refractivity contribution < 1.29 is 4.74 Å². The molecule has 0 fully saturated rings. The van der Waals surface area contributed by atoms with Crippen molar-refractivity contribution >= 4 is 16.5 Å². The first-order chi connectivity index (χ1) is 10.4. The Morgan fingerprint density at radius 2 is 2.05 bits per heavy atom. The first-order valence-electron chi connectivity index (χ1n) is 7.01. The number of hydrogen-bond donors (Lipinski definition) is 1. The molecule has 0 saturated carbocycles. The van der Waals surface area contributed by atoms with E-state index in [0.29, 0.717) is 12.5 Å². The van der Waals surface area contributed by atoms with Gasteiger partial charge in [0.1, 0.15) is 0 Å². The highest BCUT2D eigenvalue weighted by Crippen LogP contribution is 2.22. The summed E-state index contributed by atoms with van der Waals surface area (Å²) in [5.74, 6) is 0.644. The molecule has 4 heteroatoms. The molecular formula is C17H17N3O. The monoisotopic (exact) mass is 279 g/mol. The van der Waals surface area contributed by atoms with Gasteiger partial charge in [-0.05, 0) is 42.1 Å². The van der Waals surface area contributed by atoms with E-state index in [1.54, 1.807) is 6.20 Å². The maximum Gasteiger partial charge on any atom is 0.237 e. The van der Waals surface area contributed by atoms with Gasteiger partial charge in [-0.2, -0.15) is 0 Å². The molecule has 2 aromatic heterocycles. The van der Waals surface area contributed by atoms with Crippen molar-refractivity contribution in [2.75, 3.05) is 11.9 Å². The van der Waals surface area contributed by atoms with Crippen LogP contribution in [-0.4, -0.2) is 16.6 Å². The van der Waals surface area contributed by atoms with Crippen molar-refractivity contribution in [3.8, 4) is 5.88 Å². The van der Waals surface area contributed by atoms with Gasteiger partial charge in [-0.3, -0.25) is 4.98 Å². The van der Waals surface area contributed by atoms with Crippen molar-refractivity contribution in [3.63, 3.8) is 0 Å². The van der Waals surface area contributed by atoms with Crippen LogP contribution in [0.5, 0.6) is 5.88 Å². The molecule has 2 heterocycles. The van der Waals surface area contributed by atoms with E-state index in [1.807, 2.05) is 37.5 Å². The second-order valence-corrected chi connectivity index (χ2v) is 4.70. The summed E-state index contributed by atoms with van der Waals surface area (Å²) in [7, 11) is 0. The smallest absolute Gasteiger partial charge is 0.237 e. The number of benzene rings is 1. The Morgan fingerprint density at radius 3 is 2.95 bits per heavy atom. The second kappa shape index (κ2) is 6.22. The zero-order valence-electron chi connectivity index (χ0n) is 11.9. The van der Waals surface area contributed by atoms with Gasteiger partial charge in [-0.15, -0.1) is 0 Å². The number of nitrogens with one attached hydrogen (secondary N) is 1.